The van der Waals surface area contributed by atoms with E-state index in [-0.39, 0.29) is 0 Å². The Balaban J connectivity index is 0.00000293. The second kappa shape index (κ2) is 19.8. The molecule has 0 fully saturated rings. The second-order valence-corrected chi connectivity index (χ2v) is 15.8. The van der Waals surface area contributed by atoms with Crippen molar-refractivity contribution in [2.24, 2.45) is 0 Å². The summed E-state index contributed by atoms with van der Waals surface area (Å²) in [7, 11) is 0. The van der Waals surface area contributed by atoms with Gasteiger partial charge in [-0.15, -0.1) is 0 Å². The molecule has 0 saturated heterocycles. The highest BCUT2D eigenvalue weighted by atomic mass is 16.5. The molecule has 0 aliphatic heterocycles. The van der Waals surface area contributed by atoms with Gasteiger partial charge in [0.15, 0.2) is 0 Å². The van der Waals surface area contributed by atoms with E-state index in [1.54, 1.807) is 0 Å². The minimum Gasteiger partial charge on any atom is -0.457 e. The van der Waals surface area contributed by atoms with Crippen LogP contribution in [0.5, 0.6) is 11.5 Å². The number of aromatic nitrogens is 1. The Morgan fingerprint density at radius 1 is 0.714 bits per heavy atom. The zero-order valence-corrected chi connectivity index (χ0v) is 38.2. The van der Waals surface area contributed by atoms with E-state index >= 15 is 0 Å². The molecule has 314 valence electrons. The number of ether oxygens (including phenoxy) is 1. The van der Waals surface area contributed by atoms with Gasteiger partial charge < -0.3 is 4.74 Å². The molecule has 8 rings (SSSR count). The van der Waals surface area contributed by atoms with Gasteiger partial charge in [-0.1, -0.05) is 173 Å². The fraction of sp³-hybridized carbons (Fsp3) is 0.164. The van der Waals surface area contributed by atoms with Crippen molar-refractivity contribution < 1.29 is 4.74 Å². The number of fused-ring (bicyclic) bond motifs is 4. The van der Waals surface area contributed by atoms with Crippen molar-refractivity contribution in [3.63, 3.8) is 0 Å². The van der Waals surface area contributed by atoms with Gasteiger partial charge in [0.2, 0.25) is 0 Å². The molecule has 0 bridgehead atoms. The highest BCUT2D eigenvalue weighted by Crippen LogP contribution is 2.61. The average molecular weight is 822 g/mol. The van der Waals surface area contributed by atoms with E-state index in [1.165, 1.54) is 39.0 Å². The molecule has 2 aliphatic carbocycles. The zero-order valence-electron chi connectivity index (χ0n) is 38.2. The summed E-state index contributed by atoms with van der Waals surface area (Å²) in [5.41, 5.74) is 19.0. The molecular formula is C61H59NO. The van der Waals surface area contributed by atoms with Crippen LogP contribution in [-0.4, -0.2) is 4.98 Å². The van der Waals surface area contributed by atoms with Gasteiger partial charge in [-0.05, 0) is 161 Å². The van der Waals surface area contributed by atoms with Crippen LogP contribution in [0.4, 0.5) is 0 Å². The number of hydrogen-bond acceptors (Lipinski definition) is 2. The molecule has 1 spiro atoms. The average Bonchev–Trinajstić information content (AvgIpc) is 3.78. The Kier molecular flexibility index (Phi) is 13.8. The molecule has 5 aromatic carbocycles. The number of nitrogens with zero attached hydrogens (tertiary/aromatic N) is 1. The van der Waals surface area contributed by atoms with Crippen molar-refractivity contribution >= 4 is 22.8 Å². The third-order valence-corrected chi connectivity index (χ3v) is 12.0. The van der Waals surface area contributed by atoms with Crippen LogP contribution in [0.25, 0.3) is 45.2 Å². The van der Waals surface area contributed by atoms with E-state index in [9.17, 15) is 0 Å². The van der Waals surface area contributed by atoms with Gasteiger partial charge >= 0.3 is 0 Å². The maximum atomic E-state index is 6.75. The van der Waals surface area contributed by atoms with Gasteiger partial charge in [0.25, 0.3) is 0 Å². The highest BCUT2D eigenvalue weighted by Gasteiger charge is 2.50. The fourth-order valence-corrected chi connectivity index (χ4v) is 9.19. The Morgan fingerprint density at radius 2 is 1.43 bits per heavy atom. The molecule has 1 atom stereocenters. The lowest BCUT2D eigenvalue weighted by Gasteiger charge is -2.34. The van der Waals surface area contributed by atoms with Crippen LogP contribution in [0.3, 0.4) is 0 Å². The van der Waals surface area contributed by atoms with Crippen LogP contribution in [0.2, 0.25) is 0 Å². The minimum atomic E-state index is -0.528. The number of aryl methyl sites for hydroxylation is 1. The van der Waals surface area contributed by atoms with E-state index in [4.69, 9.17) is 9.72 Å². The lowest BCUT2D eigenvalue weighted by Crippen LogP contribution is -2.28. The Labute approximate surface area is 376 Å². The Bertz CT molecular complexity index is 2870. The van der Waals surface area contributed by atoms with Crippen LogP contribution < -0.4 is 4.74 Å². The summed E-state index contributed by atoms with van der Waals surface area (Å²) in [5.74, 6) is 1.75. The molecule has 1 unspecified atom stereocenters. The van der Waals surface area contributed by atoms with Crippen molar-refractivity contribution in [2.45, 2.75) is 67.2 Å². The summed E-state index contributed by atoms with van der Waals surface area (Å²) in [4.78, 5) is 5.28. The molecule has 0 amide bonds. The monoisotopic (exact) mass is 821 g/mol. The minimum absolute atomic E-state index is 0.528. The van der Waals surface area contributed by atoms with Gasteiger partial charge in [0.1, 0.15) is 11.5 Å². The van der Waals surface area contributed by atoms with Crippen molar-refractivity contribution in [3.05, 3.63) is 244 Å². The highest BCUT2D eigenvalue weighted by molar-refractivity contribution is 5.96. The van der Waals surface area contributed by atoms with Gasteiger partial charge in [-0.25, -0.2) is 4.98 Å². The second-order valence-electron chi connectivity index (χ2n) is 15.8. The fourth-order valence-electron chi connectivity index (χ4n) is 9.19. The topological polar surface area (TPSA) is 22.1 Å². The quantitative estimate of drug-likeness (QED) is 0.115. The van der Waals surface area contributed by atoms with Crippen molar-refractivity contribution in [1.29, 1.82) is 0 Å². The number of para-hydroxylation sites is 1. The zero-order chi connectivity index (χ0) is 44.5. The summed E-state index contributed by atoms with van der Waals surface area (Å²) >= 11 is 0. The van der Waals surface area contributed by atoms with Crippen molar-refractivity contribution in [1.82, 2.24) is 4.98 Å². The van der Waals surface area contributed by atoms with Crippen LogP contribution >= 0.6 is 0 Å². The molecule has 2 heteroatoms. The molecule has 0 radical (unpaired) electrons. The Morgan fingerprint density at radius 3 is 2.17 bits per heavy atom. The van der Waals surface area contributed by atoms with Crippen molar-refractivity contribution in [3.8, 4) is 33.9 Å². The largest absolute Gasteiger partial charge is 0.457 e. The SMILES string of the molecule is C=C/C=C(\C=C/C)c1cc(-c2ccccc2)cc(-c2cccc(C(/C=C\C)=C/C3=Cc4ccc(Oc5ccccc5C)c(C)c4C34C(C)=C(/C=C\CC)c3ccccc34)c2)n1.CC. The summed E-state index contributed by atoms with van der Waals surface area (Å²) in [6.07, 6.45) is 22.8. The summed E-state index contributed by atoms with van der Waals surface area (Å²) in [6, 6.07) is 45.4. The summed E-state index contributed by atoms with van der Waals surface area (Å²) in [5, 5.41) is 0. The van der Waals surface area contributed by atoms with Crippen LogP contribution in [-0.2, 0) is 5.41 Å². The van der Waals surface area contributed by atoms with E-state index in [1.807, 2.05) is 45.1 Å². The predicted octanol–water partition coefficient (Wildman–Crippen LogP) is 17.1. The number of allylic oxidation sites excluding steroid dienone is 14. The third kappa shape index (κ3) is 8.47. The molecule has 0 saturated carbocycles. The third-order valence-electron chi connectivity index (χ3n) is 12.0. The summed E-state index contributed by atoms with van der Waals surface area (Å²) < 4.78 is 6.75. The normalized spacial score (nSPS) is 15.8. The van der Waals surface area contributed by atoms with Crippen LogP contribution in [0.1, 0.15) is 92.6 Å². The van der Waals surface area contributed by atoms with Crippen LogP contribution in [0.15, 0.2) is 200 Å². The first kappa shape index (κ1) is 44.0. The number of pyridine rings is 1. The van der Waals surface area contributed by atoms with Gasteiger partial charge in [-0.2, -0.15) is 0 Å². The molecule has 63 heavy (non-hydrogen) atoms. The van der Waals surface area contributed by atoms with Crippen molar-refractivity contribution in [2.75, 3.05) is 0 Å². The molecular weight excluding hydrogens is 763 g/mol. The molecule has 2 nitrogen and oxygen atoms in total. The predicted molar refractivity (Wildman–Crippen MR) is 272 cm³/mol. The standard InChI is InChI=1S/C59H53NO.C2H6/c1-8-12-29-51-42(7)59(53-31-18-17-30-52(51)53)50(37-48-33-34-57(41(6)58(48)59)61-56-32-19-16-24-40(56)5)36-45(23-11-4)46-27-20-28-47(35-46)55-39-49(43-25-14-13-15-26-43)38-54(60-55)44(21-9-2)22-10-3;1-2/h9-39H,2,8H2,1,3-7H3;1-2H3/b22-10-,23-11-,29-12-,44-21+,45-36+;. The van der Waals surface area contributed by atoms with Gasteiger partial charge in [0.05, 0.1) is 16.8 Å². The molecule has 6 aromatic rings. The lowest BCUT2D eigenvalue weighted by molar-refractivity contribution is 0.473. The van der Waals surface area contributed by atoms with Gasteiger partial charge in [-0.3, -0.25) is 0 Å². The van der Waals surface area contributed by atoms with Crippen LogP contribution in [0, 0.1) is 13.8 Å². The smallest absolute Gasteiger partial charge is 0.130 e. The Hall–Kier alpha value is -7.03. The number of rotatable bonds is 12. The van der Waals surface area contributed by atoms with E-state index < -0.39 is 5.41 Å². The molecule has 0 N–H and O–H groups in total. The lowest BCUT2D eigenvalue weighted by atomic mass is 9.67. The maximum Gasteiger partial charge on any atom is 0.130 e. The number of hydrogen-bond donors (Lipinski definition) is 0. The molecule has 1 heterocycles. The van der Waals surface area contributed by atoms with E-state index in [0.29, 0.717) is 0 Å². The van der Waals surface area contributed by atoms with Gasteiger partial charge in [0, 0.05) is 5.56 Å². The molecule has 2 aliphatic rings. The first-order chi connectivity index (χ1) is 30.8. The molecule has 1 aromatic heterocycles. The summed E-state index contributed by atoms with van der Waals surface area (Å²) in [6.45, 7) is 21.0. The van der Waals surface area contributed by atoms with E-state index in [0.717, 1.165) is 73.8 Å². The maximum absolute atomic E-state index is 6.75. The van der Waals surface area contributed by atoms with E-state index in [2.05, 4.69) is 205 Å². The first-order valence-corrected chi connectivity index (χ1v) is 22.4. The number of benzene rings is 5. The first-order valence-electron chi connectivity index (χ1n) is 22.4.